The molecule has 0 aliphatic carbocycles. The zero-order valence-electron chi connectivity index (χ0n) is 12.5. The molecule has 0 unspecified atom stereocenters. The molecular weight excluding hydrogens is 262 g/mol. The number of carbonyl (C=O) groups is 1. The van der Waals surface area contributed by atoms with Crippen molar-refractivity contribution in [3.63, 3.8) is 0 Å². The third kappa shape index (κ3) is 4.35. The van der Waals surface area contributed by atoms with Crippen molar-refractivity contribution in [3.05, 3.63) is 64.7 Å². The van der Waals surface area contributed by atoms with Crippen LogP contribution in [0, 0.1) is 13.8 Å². The summed E-state index contributed by atoms with van der Waals surface area (Å²) in [6.45, 7) is 4.66. The fraction of sp³-hybridized carbons (Fsp3) is 0.278. The van der Waals surface area contributed by atoms with E-state index in [2.05, 4.69) is 31.3 Å². The molecule has 2 rings (SSSR count). The number of aryl methyl sites for hydroxylation is 3. The second-order valence-corrected chi connectivity index (χ2v) is 5.34. The summed E-state index contributed by atoms with van der Waals surface area (Å²) < 4.78 is 0. The van der Waals surface area contributed by atoms with Crippen molar-refractivity contribution in [2.24, 2.45) is 0 Å². The molecule has 21 heavy (non-hydrogen) atoms. The number of benzene rings is 2. The van der Waals surface area contributed by atoms with Crippen LogP contribution in [0.2, 0.25) is 0 Å². The molecule has 2 aromatic carbocycles. The van der Waals surface area contributed by atoms with Gasteiger partial charge in [-0.3, -0.25) is 4.79 Å². The van der Waals surface area contributed by atoms with Crippen LogP contribution in [0.1, 0.15) is 28.7 Å². The van der Waals surface area contributed by atoms with Gasteiger partial charge in [-0.25, -0.2) is 0 Å². The van der Waals surface area contributed by atoms with E-state index in [1.807, 2.05) is 18.2 Å². The van der Waals surface area contributed by atoms with Gasteiger partial charge in [-0.05, 0) is 43.0 Å². The lowest BCUT2D eigenvalue weighted by atomic mass is 10.1. The second-order valence-electron chi connectivity index (χ2n) is 5.34. The highest BCUT2D eigenvalue weighted by molar-refractivity contribution is 5.76. The third-order valence-corrected chi connectivity index (χ3v) is 3.59. The highest BCUT2D eigenvalue weighted by Gasteiger charge is 2.06. The molecule has 0 aliphatic rings. The number of phenolic OH excluding ortho intramolecular Hbond substituents is 1. The van der Waals surface area contributed by atoms with Crippen LogP contribution in [0.4, 0.5) is 0 Å². The van der Waals surface area contributed by atoms with Crippen LogP contribution < -0.4 is 5.32 Å². The van der Waals surface area contributed by atoms with Crippen molar-refractivity contribution in [1.29, 1.82) is 0 Å². The van der Waals surface area contributed by atoms with Gasteiger partial charge < -0.3 is 10.4 Å². The minimum Gasteiger partial charge on any atom is -0.508 e. The molecule has 0 aliphatic heterocycles. The van der Waals surface area contributed by atoms with Crippen LogP contribution in [-0.2, 0) is 17.8 Å². The Bertz CT molecular complexity index is 635. The van der Waals surface area contributed by atoms with E-state index in [0.717, 1.165) is 11.1 Å². The molecule has 0 heterocycles. The molecule has 0 saturated carbocycles. The molecule has 0 fully saturated rings. The Balaban J connectivity index is 1.84. The highest BCUT2D eigenvalue weighted by atomic mass is 16.3. The summed E-state index contributed by atoms with van der Waals surface area (Å²) in [7, 11) is 0. The lowest BCUT2D eigenvalue weighted by Gasteiger charge is -2.09. The number of amides is 1. The Morgan fingerprint density at radius 3 is 2.57 bits per heavy atom. The minimum atomic E-state index is -0.00164. The van der Waals surface area contributed by atoms with E-state index in [0.29, 0.717) is 19.4 Å². The number of rotatable bonds is 5. The van der Waals surface area contributed by atoms with Gasteiger partial charge >= 0.3 is 0 Å². The van der Waals surface area contributed by atoms with Gasteiger partial charge in [-0.2, -0.15) is 0 Å². The number of carbonyl (C=O) groups excluding carboxylic acids is 1. The maximum Gasteiger partial charge on any atom is 0.220 e. The average Bonchev–Trinajstić information content (AvgIpc) is 2.45. The minimum absolute atomic E-state index is 0.00164. The first-order chi connectivity index (χ1) is 10.1. The predicted octanol–water partition coefficient (Wildman–Crippen LogP) is 3.26. The first kappa shape index (κ1) is 15.1. The van der Waals surface area contributed by atoms with E-state index in [-0.39, 0.29) is 11.7 Å². The fourth-order valence-corrected chi connectivity index (χ4v) is 2.30. The van der Waals surface area contributed by atoms with Gasteiger partial charge in [0.1, 0.15) is 5.75 Å². The molecule has 0 aromatic heterocycles. The normalized spacial score (nSPS) is 10.4. The monoisotopic (exact) mass is 283 g/mol. The maximum atomic E-state index is 11.9. The van der Waals surface area contributed by atoms with E-state index in [9.17, 15) is 9.90 Å². The zero-order chi connectivity index (χ0) is 15.2. The van der Waals surface area contributed by atoms with Gasteiger partial charge in [0.05, 0.1) is 0 Å². The van der Waals surface area contributed by atoms with Crippen LogP contribution >= 0.6 is 0 Å². The van der Waals surface area contributed by atoms with Gasteiger partial charge in [-0.1, -0.05) is 42.0 Å². The fourth-order valence-electron chi connectivity index (χ4n) is 2.30. The standard InChI is InChI=1S/C18H21NO2/c1-13-7-8-16(14(2)11-13)12-19-18(21)10-9-15-5-3-4-6-17(15)20/h3-8,11,20H,9-10,12H2,1-2H3,(H,19,21). The van der Waals surface area contributed by atoms with E-state index in [4.69, 9.17) is 0 Å². The maximum absolute atomic E-state index is 11.9. The number of phenols is 1. The van der Waals surface area contributed by atoms with Gasteiger partial charge in [0, 0.05) is 13.0 Å². The summed E-state index contributed by atoms with van der Waals surface area (Å²) in [6.07, 6.45) is 0.924. The average molecular weight is 283 g/mol. The van der Waals surface area contributed by atoms with Crippen LogP contribution in [0.5, 0.6) is 5.75 Å². The first-order valence-electron chi connectivity index (χ1n) is 7.16. The Kier molecular flexibility index (Phi) is 4.99. The number of aromatic hydroxyl groups is 1. The molecule has 110 valence electrons. The largest absolute Gasteiger partial charge is 0.508 e. The quantitative estimate of drug-likeness (QED) is 0.885. The van der Waals surface area contributed by atoms with Gasteiger partial charge in [0.2, 0.25) is 5.91 Å². The van der Waals surface area contributed by atoms with Crippen molar-refractivity contribution in [2.75, 3.05) is 0 Å². The molecule has 1 amide bonds. The van der Waals surface area contributed by atoms with Crippen molar-refractivity contribution >= 4 is 5.91 Å². The Labute approximate surface area is 125 Å². The Hall–Kier alpha value is -2.29. The van der Waals surface area contributed by atoms with Gasteiger partial charge in [0.25, 0.3) is 0 Å². The van der Waals surface area contributed by atoms with Crippen molar-refractivity contribution < 1.29 is 9.90 Å². The molecule has 0 bridgehead atoms. The molecular formula is C18H21NO2. The molecule has 0 saturated heterocycles. The number of hydrogen-bond acceptors (Lipinski definition) is 2. The van der Waals surface area contributed by atoms with Crippen molar-refractivity contribution in [3.8, 4) is 5.75 Å². The first-order valence-corrected chi connectivity index (χ1v) is 7.16. The molecule has 0 atom stereocenters. The van der Waals surface area contributed by atoms with Crippen LogP contribution in [-0.4, -0.2) is 11.0 Å². The van der Waals surface area contributed by atoms with Gasteiger partial charge in [0.15, 0.2) is 0 Å². The number of nitrogens with one attached hydrogen (secondary N) is 1. The summed E-state index contributed by atoms with van der Waals surface area (Å²) in [4.78, 5) is 11.9. The third-order valence-electron chi connectivity index (χ3n) is 3.59. The SMILES string of the molecule is Cc1ccc(CNC(=O)CCc2ccccc2O)c(C)c1. The lowest BCUT2D eigenvalue weighted by molar-refractivity contribution is -0.121. The molecule has 2 aromatic rings. The van der Waals surface area contributed by atoms with Crippen LogP contribution in [0.25, 0.3) is 0 Å². The number of para-hydroxylation sites is 1. The summed E-state index contributed by atoms with van der Waals surface area (Å²) in [5.41, 5.74) is 4.36. The molecule has 0 radical (unpaired) electrons. The van der Waals surface area contributed by atoms with Crippen molar-refractivity contribution in [2.45, 2.75) is 33.2 Å². The lowest BCUT2D eigenvalue weighted by Crippen LogP contribution is -2.23. The summed E-state index contributed by atoms with van der Waals surface area (Å²) in [6, 6.07) is 13.3. The summed E-state index contributed by atoms with van der Waals surface area (Å²) in [5.74, 6) is 0.248. The number of hydrogen-bond donors (Lipinski definition) is 2. The van der Waals surface area contributed by atoms with Gasteiger partial charge in [-0.15, -0.1) is 0 Å². The van der Waals surface area contributed by atoms with E-state index >= 15 is 0 Å². The molecule has 3 nitrogen and oxygen atoms in total. The van der Waals surface area contributed by atoms with E-state index in [1.54, 1.807) is 12.1 Å². The molecule has 0 spiro atoms. The van der Waals surface area contributed by atoms with Crippen LogP contribution in [0.15, 0.2) is 42.5 Å². The van der Waals surface area contributed by atoms with Crippen molar-refractivity contribution in [1.82, 2.24) is 5.32 Å². The predicted molar refractivity (Wildman–Crippen MR) is 84.2 cm³/mol. The molecule has 2 N–H and O–H groups in total. The molecule has 3 heteroatoms. The topological polar surface area (TPSA) is 49.3 Å². The highest BCUT2D eigenvalue weighted by Crippen LogP contribution is 2.17. The Morgan fingerprint density at radius 1 is 1.10 bits per heavy atom. The van der Waals surface area contributed by atoms with E-state index < -0.39 is 0 Å². The summed E-state index contributed by atoms with van der Waals surface area (Å²) >= 11 is 0. The zero-order valence-corrected chi connectivity index (χ0v) is 12.5. The summed E-state index contributed by atoms with van der Waals surface area (Å²) in [5, 5.41) is 12.6. The second kappa shape index (κ2) is 6.93. The van der Waals surface area contributed by atoms with Crippen LogP contribution in [0.3, 0.4) is 0 Å². The Morgan fingerprint density at radius 2 is 1.86 bits per heavy atom. The smallest absolute Gasteiger partial charge is 0.220 e. The van der Waals surface area contributed by atoms with E-state index in [1.165, 1.54) is 11.1 Å².